The van der Waals surface area contributed by atoms with Crippen molar-refractivity contribution in [2.75, 3.05) is 5.75 Å². The number of ether oxygens (including phenoxy) is 1. The zero-order valence-electron chi connectivity index (χ0n) is 17.9. The molecule has 168 valence electrons. The van der Waals surface area contributed by atoms with Gasteiger partial charge in [-0.05, 0) is 42.0 Å². The molecule has 0 atom stereocenters. The first-order chi connectivity index (χ1) is 16.2. The van der Waals surface area contributed by atoms with Crippen LogP contribution in [-0.2, 0) is 17.9 Å². The molecule has 1 N–H and O–H groups in total. The van der Waals surface area contributed by atoms with Crippen LogP contribution in [0.1, 0.15) is 17.8 Å². The number of rotatable bonds is 10. The average molecular weight is 479 g/mol. The third kappa shape index (κ3) is 6.60. The molecule has 0 fully saturated rings. The predicted molar refractivity (Wildman–Crippen MR) is 131 cm³/mol. The fourth-order valence-electron chi connectivity index (χ4n) is 3.12. The second-order valence-electron chi connectivity index (χ2n) is 7.17. The molecule has 0 aliphatic rings. The molecule has 0 unspecified atom stereocenters. The molecule has 1 aromatic heterocycles. The normalized spacial score (nSPS) is 10.7. The Bertz CT molecular complexity index is 1170. The van der Waals surface area contributed by atoms with Gasteiger partial charge in [-0.3, -0.25) is 9.36 Å². The number of para-hydroxylation sites is 1. The van der Waals surface area contributed by atoms with Crippen molar-refractivity contribution in [3.8, 4) is 11.4 Å². The predicted octanol–water partition coefficient (Wildman–Crippen LogP) is 5.30. The number of hydrogen-bond acceptors (Lipinski definition) is 5. The fraction of sp³-hybridized carbons (Fsp3) is 0.160. The highest BCUT2D eigenvalue weighted by atomic mass is 35.5. The topological polar surface area (TPSA) is 69.0 Å². The summed E-state index contributed by atoms with van der Waals surface area (Å²) in [6.45, 7) is 0.776. The lowest BCUT2D eigenvalue weighted by Gasteiger charge is -2.11. The van der Waals surface area contributed by atoms with Crippen molar-refractivity contribution in [3.05, 3.63) is 101 Å². The lowest BCUT2D eigenvalue weighted by molar-refractivity contribution is -0.120. The summed E-state index contributed by atoms with van der Waals surface area (Å²) in [7, 11) is 0. The van der Waals surface area contributed by atoms with E-state index in [2.05, 4.69) is 15.5 Å². The summed E-state index contributed by atoms with van der Waals surface area (Å²) in [6.07, 6.45) is 0.385. The van der Waals surface area contributed by atoms with E-state index in [1.54, 1.807) is 12.1 Å². The van der Waals surface area contributed by atoms with Gasteiger partial charge in [-0.2, -0.15) is 0 Å². The summed E-state index contributed by atoms with van der Waals surface area (Å²) in [5.74, 6) is 1.96. The summed E-state index contributed by atoms with van der Waals surface area (Å²) in [4.78, 5) is 12.3. The highest BCUT2D eigenvalue weighted by Crippen LogP contribution is 2.24. The van der Waals surface area contributed by atoms with E-state index in [4.69, 9.17) is 16.3 Å². The zero-order chi connectivity index (χ0) is 22.9. The third-order valence-corrected chi connectivity index (χ3v) is 5.97. The minimum Gasteiger partial charge on any atom is -0.486 e. The molecular weight excluding hydrogens is 456 g/mol. The first-order valence-corrected chi connectivity index (χ1v) is 11.9. The highest BCUT2D eigenvalue weighted by molar-refractivity contribution is 7.99. The summed E-state index contributed by atoms with van der Waals surface area (Å²) >= 11 is 7.44. The molecule has 0 aliphatic heterocycles. The van der Waals surface area contributed by atoms with Gasteiger partial charge in [0.05, 0.1) is 0 Å². The van der Waals surface area contributed by atoms with Crippen LogP contribution in [-0.4, -0.2) is 26.4 Å². The van der Waals surface area contributed by atoms with Crippen LogP contribution in [0.15, 0.2) is 90.1 Å². The Morgan fingerprint density at radius 2 is 1.64 bits per heavy atom. The second-order valence-corrected chi connectivity index (χ2v) is 8.67. The third-order valence-electron chi connectivity index (χ3n) is 4.79. The average Bonchev–Trinajstić information content (AvgIpc) is 3.26. The van der Waals surface area contributed by atoms with Gasteiger partial charge in [0.1, 0.15) is 12.4 Å². The Hall–Kier alpha value is -3.29. The van der Waals surface area contributed by atoms with Crippen molar-refractivity contribution in [3.63, 3.8) is 0 Å². The van der Waals surface area contributed by atoms with Gasteiger partial charge in [0.15, 0.2) is 11.0 Å². The number of carbonyl (C=O) groups excluding carboxylic acids is 1. The molecule has 0 radical (unpaired) electrons. The van der Waals surface area contributed by atoms with Gasteiger partial charge in [-0.25, -0.2) is 0 Å². The Kier molecular flexibility index (Phi) is 8.00. The molecular formula is C25H23ClN4O2S. The van der Waals surface area contributed by atoms with E-state index in [0.29, 0.717) is 40.5 Å². The number of hydrogen-bond donors (Lipinski definition) is 1. The summed E-state index contributed by atoms with van der Waals surface area (Å²) < 4.78 is 7.84. The van der Waals surface area contributed by atoms with Gasteiger partial charge in [0.25, 0.3) is 0 Å². The maximum atomic E-state index is 12.3. The van der Waals surface area contributed by atoms with Crippen molar-refractivity contribution >= 4 is 29.3 Å². The molecule has 0 spiro atoms. The number of thioether (sulfide) groups is 1. The van der Waals surface area contributed by atoms with Crippen molar-refractivity contribution in [1.29, 1.82) is 0 Å². The van der Waals surface area contributed by atoms with E-state index in [1.165, 1.54) is 11.8 Å². The molecule has 0 saturated heterocycles. The quantitative estimate of drug-likeness (QED) is 0.313. The smallest absolute Gasteiger partial charge is 0.221 e. The standard InChI is InChI=1S/C25H23ClN4O2S/c26-20-11-13-22(14-12-20)32-18-23-28-29-25(30(23)21-9-5-2-6-10-21)33-16-15-24(31)27-17-19-7-3-1-4-8-19/h1-14H,15-18H2,(H,27,31). The summed E-state index contributed by atoms with van der Waals surface area (Å²) in [6, 6.07) is 26.9. The minimum atomic E-state index is 0.00317. The van der Waals surface area contributed by atoms with E-state index in [0.717, 1.165) is 11.3 Å². The Labute approximate surface area is 202 Å². The van der Waals surface area contributed by atoms with Gasteiger partial charge in [0, 0.05) is 29.4 Å². The number of carbonyl (C=O) groups is 1. The van der Waals surface area contributed by atoms with Crippen molar-refractivity contribution in [2.24, 2.45) is 0 Å². The summed E-state index contributed by atoms with van der Waals surface area (Å²) in [5, 5.41) is 13.0. The second kappa shape index (κ2) is 11.5. The van der Waals surface area contributed by atoms with Gasteiger partial charge >= 0.3 is 0 Å². The molecule has 0 bridgehead atoms. The van der Waals surface area contributed by atoms with Crippen molar-refractivity contribution < 1.29 is 9.53 Å². The highest BCUT2D eigenvalue weighted by Gasteiger charge is 2.15. The van der Waals surface area contributed by atoms with Crippen LogP contribution in [0.2, 0.25) is 5.02 Å². The van der Waals surface area contributed by atoms with Crippen LogP contribution in [0, 0.1) is 0 Å². The lowest BCUT2D eigenvalue weighted by Crippen LogP contribution is -2.23. The molecule has 4 aromatic rings. The van der Waals surface area contributed by atoms with Gasteiger partial charge in [0.2, 0.25) is 5.91 Å². The van der Waals surface area contributed by atoms with Gasteiger partial charge in [-0.15, -0.1) is 10.2 Å². The molecule has 4 rings (SSSR count). The molecule has 6 nitrogen and oxygen atoms in total. The first kappa shape index (κ1) is 22.9. The van der Waals surface area contributed by atoms with Crippen LogP contribution in [0.3, 0.4) is 0 Å². The maximum absolute atomic E-state index is 12.3. The monoisotopic (exact) mass is 478 g/mol. The molecule has 1 heterocycles. The van der Waals surface area contributed by atoms with E-state index in [1.807, 2.05) is 77.4 Å². The van der Waals surface area contributed by atoms with Crippen LogP contribution >= 0.6 is 23.4 Å². The number of aromatic nitrogens is 3. The zero-order valence-corrected chi connectivity index (χ0v) is 19.4. The molecule has 33 heavy (non-hydrogen) atoms. The SMILES string of the molecule is O=C(CCSc1nnc(COc2ccc(Cl)cc2)n1-c1ccccc1)NCc1ccccc1. The minimum absolute atomic E-state index is 0.00317. The van der Waals surface area contributed by atoms with Crippen LogP contribution in [0.4, 0.5) is 0 Å². The van der Waals surface area contributed by atoms with E-state index in [-0.39, 0.29) is 12.5 Å². The van der Waals surface area contributed by atoms with E-state index >= 15 is 0 Å². The number of benzene rings is 3. The molecule has 8 heteroatoms. The number of nitrogens with zero attached hydrogens (tertiary/aromatic N) is 3. The lowest BCUT2D eigenvalue weighted by atomic mass is 10.2. The van der Waals surface area contributed by atoms with Gasteiger partial charge in [-0.1, -0.05) is 71.9 Å². The summed E-state index contributed by atoms with van der Waals surface area (Å²) in [5.41, 5.74) is 2.01. The maximum Gasteiger partial charge on any atom is 0.221 e. The fourth-order valence-corrected chi connectivity index (χ4v) is 4.16. The Morgan fingerprint density at radius 3 is 2.36 bits per heavy atom. The molecule has 0 saturated carbocycles. The van der Waals surface area contributed by atoms with E-state index in [9.17, 15) is 4.79 Å². The van der Waals surface area contributed by atoms with Crippen LogP contribution in [0.25, 0.3) is 5.69 Å². The first-order valence-electron chi connectivity index (χ1n) is 10.5. The number of nitrogens with one attached hydrogen (secondary N) is 1. The molecule has 0 aliphatic carbocycles. The van der Waals surface area contributed by atoms with Crippen molar-refractivity contribution in [2.45, 2.75) is 24.7 Å². The molecule has 3 aromatic carbocycles. The van der Waals surface area contributed by atoms with Crippen molar-refractivity contribution in [1.82, 2.24) is 20.1 Å². The van der Waals surface area contributed by atoms with Gasteiger partial charge < -0.3 is 10.1 Å². The number of amides is 1. The van der Waals surface area contributed by atoms with Crippen LogP contribution < -0.4 is 10.1 Å². The van der Waals surface area contributed by atoms with Crippen LogP contribution in [0.5, 0.6) is 5.75 Å². The molecule has 1 amide bonds. The Balaban J connectivity index is 1.38. The number of halogens is 1. The van der Waals surface area contributed by atoms with E-state index < -0.39 is 0 Å². The Morgan fingerprint density at radius 1 is 0.939 bits per heavy atom. The largest absolute Gasteiger partial charge is 0.486 e.